The Morgan fingerprint density at radius 3 is 2.71 bits per heavy atom. The minimum absolute atomic E-state index is 0.0560. The molecule has 0 aromatic carbocycles. The van der Waals surface area contributed by atoms with Gasteiger partial charge in [-0.15, -0.1) is 11.3 Å². The predicted octanol–water partition coefficient (Wildman–Crippen LogP) is 2.39. The van der Waals surface area contributed by atoms with E-state index in [1.807, 2.05) is 13.8 Å². The van der Waals surface area contributed by atoms with Gasteiger partial charge in [0.1, 0.15) is 5.75 Å². The highest BCUT2D eigenvalue weighted by molar-refractivity contribution is 7.14. The highest BCUT2D eigenvalue weighted by atomic mass is 32.1. The van der Waals surface area contributed by atoms with Crippen molar-refractivity contribution in [3.63, 3.8) is 0 Å². The zero-order valence-electron chi connectivity index (χ0n) is 9.85. The quantitative estimate of drug-likeness (QED) is 0.783. The van der Waals surface area contributed by atoms with Crippen LogP contribution in [0.15, 0.2) is 18.5 Å². The molecule has 88 valence electrons. The molecule has 0 saturated heterocycles. The predicted molar refractivity (Wildman–Crippen MR) is 65.8 cm³/mol. The molecule has 0 spiro atoms. The second-order valence-corrected chi connectivity index (χ2v) is 4.79. The van der Waals surface area contributed by atoms with E-state index < -0.39 is 0 Å². The molecule has 17 heavy (non-hydrogen) atoms. The molecular weight excluding hydrogens is 236 g/mol. The van der Waals surface area contributed by atoms with Crippen LogP contribution in [0.5, 0.6) is 5.75 Å². The van der Waals surface area contributed by atoms with Gasteiger partial charge in [0.2, 0.25) is 5.78 Å². The first-order chi connectivity index (χ1) is 8.11. The standard InChI is InChI=1S/C12H12N2O2S/c1-7-12(17-8(2)14-7)11(15)9-4-10(16-3)6-13-5-9/h4-6H,1-3H3. The number of aromatic nitrogens is 2. The maximum atomic E-state index is 12.2. The average molecular weight is 248 g/mol. The summed E-state index contributed by atoms with van der Waals surface area (Å²) in [6, 6.07) is 1.68. The van der Waals surface area contributed by atoms with Gasteiger partial charge >= 0.3 is 0 Å². The van der Waals surface area contributed by atoms with Crippen LogP contribution in [0.25, 0.3) is 0 Å². The van der Waals surface area contributed by atoms with Gasteiger partial charge in [-0.25, -0.2) is 4.98 Å². The van der Waals surface area contributed by atoms with Crippen LogP contribution in [0.1, 0.15) is 25.9 Å². The van der Waals surface area contributed by atoms with Crippen LogP contribution >= 0.6 is 11.3 Å². The summed E-state index contributed by atoms with van der Waals surface area (Å²) in [5.74, 6) is 0.522. The number of methoxy groups -OCH3 is 1. The Morgan fingerprint density at radius 2 is 2.12 bits per heavy atom. The van der Waals surface area contributed by atoms with Crippen molar-refractivity contribution in [1.82, 2.24) is 9.97 Å². The van der Waals surface area contributed by atoms with Gasteiger partial charge in [-0.2, -0.15) is 0 Å². The molecular formula is C12H12N2O2S. The maximum absolute atomic E-state index is 12.2. The van der Waals surface area contributed by atoms with Crippen LogP contribution < -0.4 is 4.74 Å². The zero-order chi connectivity index (χ0) is 12.4. The van der Waals surface area contributed by atoms with E-state index in [4.69, 9.17) is 4.74 Å². The first-order valence-electron chi connectivity index (χ1n) is 5.09. The lowest BCUT2D eigenvalue weighted by Gasteiger charge is -2.01. The normalized spacial score (nSPS) is 10.3. The van der Waals surface area contributed by atoms with Crippen LogP contribution in [-0.2, 0) is 0 Å². The molecule has 0 fully saturated rings. The van der Waals surface area contributed by atoms with Crippen molar-refractivity contribution in [2.24, 2.45) is 0 Å². The Labute approximate surface area is 103 Å². The molecule has 0 aliphatic rings. The third-order valence-electron chi connectivity index (χ3n) is 2.32. The molecule has 0 radical (unpaired) electrons. The van der Waals surface area contributed by atoms with Gasteiger partial charge in [-0.05, 0) is 19.9 Å². The summed E-state index contributed by atoms with van der Waals surface area (Å²) >= 11 is 1.40. The van der Waals surface area contributed by atoms with E-state index >= 15 is 0 Å². The van der Waals surface area contributed by atoms with E-state index in [0.717, 1.165) is 10.7 Å². The van der Waals surface area contributed by atoms with E-state index in [1.165, 1.54) is 11.3 Å². The molecule has 2 heterocycles. The van der Waals surface area contributed by atoms with Crippen molar-refractivity contribution in [3.8, 4) is 5.75 Å². The van der Waals surface area contributed by atoms with Gasteiger partial charge in [-0.1, -0.05) is 0 Å². The fraction of sp³-hybridized carbons (Fsp3) is 0.250. The van der Waals surface area contributed by atoms with Gasteiger partial charge in [0.05, 0.1) is 28.9 Å². The molecule has 0 unspecified atom stereocenters. The number of rotatable bonds is 3. The SMILES string of the molecule is COc1cncc(C(=O)c2sc(C)nc2C)c1. The fourth-order valence-electron chi connectivity index (χ4n) is 1.53. The highest BCUT2D eigenvalue weighted by Gasteiger charge is 2.16. The molecule has 5 heteroatoms. The van der Waals surface area contributed by atoms with Crippen molar-refractivity contribution in [3.05, 3.63) is 39.6 Å². The summed E-state index contributed by atoms with van der Waals surface area (Å²) in [6.45, 7) is 3.72. The van der Waals surface area contributed by atoms with E-state index in [1.54, 1.807) is 25.6 Å². The fourth-order valence-corrected chi connectivity index (χ4v) is 2.41. The Morgan fingerprint density at radius 1 is 1.35 bits per heavy atom. The summed E-state index contributed by atoms with van der Waals surface area (Å²) in [5.41, 5.74) is 1.29. The van der Waals surface area contributed by atoms with E-state index in [0.29, 0.717) is 16.2 Å². The molecule has 0 saturated carbocycles. The molecule has 2 aromatic heterocycles. The first kappa shape index (κ1) is 11.7. The molecule has 0 N–H and O–H groups in total. The van der Waals surface area contributed by atoms with Crippen molar-refractivity contribution in [1.29, 1.82) is 0 Å². The average Bonchev–Trinajstić information content (AvgIpc) is 2.67. The number of nitrogens with zero attached hydrogens (tertiary/aromatic N) is 2. The number of hydrogen-bond acceptors (Lipinski definition) is 5. The lowest BCUT2D eigenvalue weighted by molar-refractivity contribution is 0.104. The summed E-state index contributed by atoms with van der Waals surface area (Å²) in [4.78, 5) is 21.1. The third kappa shape index (κ3) is 2.34. The Balaban J connectivity index is 2.40. The molecule has 0 aliphatic heterocycles. The van der Waals surface area contributed by atoms with Crippen LogP contribution in [0.3, 0.4) is 0 Å². The maximum Gasteiger partial charge on any atom is 0.206 e. The number of hydrogen-bond donors (Lipinski definition) is 0. The van der Waals surface area contributed by atoms with Gasteiger partial charge in [-0.3, -0.25) is 9.78 Å². The Kier molecular flexibility index (Phi) is 3.19. The summed E-state index contributed by atoms with van der Waals surface area (Å²) in [7, 11) is 1.55. The number of thiazole rings is 1. The van der Waals surface area contributed by atoms with Crippen molar-refractivity contribution < 1.29 is 9.53 Å². The van der Waals surface area contributed by atoms with E-state index in [-0.39, 0.29) is 5.78 Å². The van der Waals surface area contributed by atoms with Crippen LogP contribution in [0.2, 0.25) is 0 Å². The number of aryl methyl sites for hydroxylation is 2. The van der Waals surface area contributed by atoms with Gasteiger partial charge in [0.25, 0.3) is 0 Å². The summed E-state index contributed by atoms with van der Waals surface area (Å²) in [5, 5.41) is 0.890. The minimum atomic E-state index is -0.0560. The monoisotopic (exact) mass is 248 g/mol. The van der Waals surface area contributed by atoms with Crippen molar-refractivity contribution in [2.75, 3.05) is 7.11 Å². The molecule has 2 rings (SSSR count). The summed E-state index contributed by atoms with van der Waals surface area (Å²) in [6.07, 6.45) is 3.11. The molecule has 0 atom stereocenters. The molecule has 0 aliphatic carbocycles. The van der Waals surface area contributed by atoms with Crippen molar-refractivity contribution >= 4 is 17.1 Å². The number of carbonyl (C=O) groups is 1. The minimum Gasteiger partial charge on any atom is -0.495 e. The number of carbonyl (C=O) groups excluding carboxylic acids is 1. The van der Waals surface area contributed by atoms with Gasteiger partial charge in [0.15, 0.2) is 0 Å². The second-order valence-electron chi connectivity index (χ2n) is 3.59. The lowest BCUT2D eigenvalue weighted by Crippen LogP contribution is -2.02. The first-order valence-corrected chi connectivity index (χ1v) is 5.91. The lowest BCUT2D eigenvalue weighted by atomic mass is 10.1. The number of ether oxygens (including phenoxy) is 1. The Bertz CT molecular complexity index is 563. The smallest absolute Gasteiger partial charge is 0.206 e. The van der Waals surface area contributed by atoms with E-state index in [2.05, 4.69) is 9.97 Å². The number of ketones is 1. The van der Waals surface area contributed by atoms with Gasteiger partial charge in [0, 0.05) is 11.8 Å². The topological polar surface area (TPSA) is 52.1 Å². The molecule has 2 aromatic rings. The zero-order valence-corrected chi connectivity index (χ0v) is 10.7. The van der Waals surface area contributed by atoms with Gasteiger partial charge < -0.3 is 4.74 Å². The third-order valence-corrected chi connectivity index (χ3v) is 3.39. The van der Waals surface area contributed by atoms with Crippen molar-refractivity contribution in [2.45, 2.75) is 13.8 Å². The summed E-state index contributed by atoms with van der Waals surface area (Å²) < 4.78 is 5.05. The largest absolute Gasteiger partial charge is 0.495 e. The van der Waals surface area contributed by atoms with Crippen LogP contribution in [0.4, 0.5) is 0 Å². The highest BCUT2D eigenvalue weighted by Crippen LogP contribution is 2.22. The Hall–Kier alpha value is -1.75. The van der Waals surface area contributed by atoms with Crippen LogP contribution in [-0.4, -0.2) is 22.9 Å². The number of pyridine rings is 1. The van der Waals surface area contributed by atoms with Crippen LogP contribution in [0, 0.1) is 13.8 Å². The molecule has 0 bridgehead atoms. The second kappa shape index (κ2) is 4.63. The molecule has 4 nitrogen and oxygen atoms in total. The van der Waals surface area contributed by atoms with E-state index in [9.17, 15) is 4.79 Å². The molecule has 0 amide bonds.